The van der Waals surface area contributed by atoms with Crippen LogP contribution < -0.4 is 16.0 Å². The lowest BCUT2D eigenvalue weighted by Crippen LogP contribution is -2.37. The molecule has 0 aromatic carbocycles. The Morgan fingerprint density at radius 3 is 2.72 bits per heavy atom. The van der Waals surface area contributed by atoms with Crippen molar-refractivity contribution < 1.29 is 4.79 Å². The van der Waals surface area contributed by atoms with Crippen molar-refractivity contribution in [1.29, 1.82) is 0 Å². The minimum atomic E-state index is -0.465. The van der Waals surface area contributed by atoms with Crippen molar-refractivity contribution >= 4 is 11.9 Å². The molecular weight excluding hydrogens is 230 g/mol. The fourth-order valence-electron chi connectivity index (χ4n) is 2.14. The normalized spacial score (nSPS) is 23.3. The first-order valence-corrected chi connectivity index (χ1v) is 6.05. The van der Waals surface area contributed by atoms with Gasteiger partial charge in [0.2, 0.25) is 11.9 Å². The zero-order valence-corrected chi connectivity index (χ0v) is 10.8. The van der Waals surface area contributed by atoms with Crippen molar-refractivity contribution in [3.8, 4) is 0 Å². The van der Waals surface area contributed by atoms with Crippen molar-refractivity contribution in [2.75, 3.05) is 25.0 Å². The molecule has 1 aromatic heterocycles. The molecule has 0 aliphatic carbocycles. The number of carbonyl (C=O) groups is 1. The van der Waals surface area contributed by atoms with Crippen LogP contribution >= 0.6 is 0 Å². The smallest absolute Gasteiger partial charge is 0.225 e. The van der Waals surface area contributed by atoms with Gasteiger partial charge in [0.25, 0.3) is 0 Å². The van der Waals surface area contributed by atoms with Crippen LogP contribution in [0.3, 0.4) is 0 Å². The third-order valence-electron chi connectivity index (χ3n) is 3.42. The van der Waals surface area contributed by atoms with E-state index in [0.29, 0.717) is 12.5 Å². The van der Waals surface area contributed by atoms with Crippen LogP contribution in [0.25, 0.3) is 0 Å². The van der Waals surface area contributed by atoms with Crippen LogP contribution in [0.15, 0.2) is 12.4 Å². The van der Waals surface area contributed by atoms with E-state index in [1.807, 2.05) is 18.9 Å². The first-order chi connectivity index (χ1) is 8.55. The Kier molecular flexibility index (Phi) is 3.47. The number of primary amides is 1. The molecule has 1 aromatic rings. The Bertz CT molecular complexity index is 433. The summed E-state index contributed by atoms with van der Waals surface area (Å²) in [5.74, 6) is 0.414. The molecule has 1 aliphatic heterocycles. The van der Waals surface area contributed by atoms with Gasteiger partial charge in [0, 0.05) is 37.6 Å². The van der Waals surface area contributed by atoms with Crippen molar-refractivity contribution in [1.82, 2.24) is 15.3 Å². The van der Waals surface area contributed by atoms with Crippen molar-refractivity contribution in [2.24, 2.45) is 11.1 Å². The molecule has 6 nitrogen and oxygen atoms in total. The summed E-state index contributed by atoms with van der Waals surface area (Å²) in [7, 11) is 1.88. The lowest BCUT2D eigenvalue weighted by atomic mass is 9.89. The molecule has 1 saturated heterocycles. The Balaban J connectivity index is 2.07. The van der Waals surface area contributed by atoms with E-state index in [4.69, 9.17) is 5.73 Å². The lowest BCUT2D eigenvalue weighted by Gasteiger charge is -2.20. The third-order valence-corrected chi connectivity index (χ3v) is 3.42. The van der Waals surface area contributed by atoms with Crippen molar-refractivity contribution in [2.45, 2.75) is 19.9 Å². The second kappa shape index (κ2) is 4.89. The molecule has 0 bridgehead atoms. The van der Waals surface area contributed by atoms with Crippen LogP contribution in [0.5, 0.6) is 0 Å². The molecule has 0 spiro atoms. The van der Waals surface area contributed by atoms with Crippen LogP contribution in [-0.2, 0) is 11.3 Å². The van der Waals surface area contributed by atoms with Gasteiger partial charge in [-0.3, -0.25) is 4.79 Å². The molecule has 0 radical (unpaired) electrons. The molecule has 2 rings (SSSR count). The summed E-state index contributed by atoms with van der Waals surface area (Å²) in [6, 6.07) is 0. The Morgan fingerprint density at radius 1 is 1.56 bits per heavy atom. The van der Waals surface area contributed by atoms with Crippen molar-refractivity contribution in [3.05, 3.63) is 18.0 Å². The Labute approximate surface area is 107 Å². The predicted octanol–water partition coefficient (Wildman–Crippen LogP) is -0.102. The first kappa shape index (κ1) is 12.8. The molecule has 3 N–H and O–H groups in total. The van der Waals surface area contributed by atoms with Gasteiger partial charge < -0.3 is 16.0 Å². The second-order valence-electron chi connectivity index (χ2n) is 5.02. The molecule has 1 atom stereocenters. The van der Waals surface area contributed by atoms with Gasteiger partial charge in [-0.25, -0.2) is 9.97 Å². The number of carbonyl (C=O) groups excluding carboxylic acids is 1. The summed E-state index contributed by atoms with van der Waals surface area (Å²) in [6.45, 7) is 4.00. The van der Waals surface area contributed by atoms with Crippen LogP contribution in [0, 0.1) is 5.41 Å². The van der Waals surface area contributed by atoms with Crippen LogP contribution in [0.1, 0.15) is 18.9 Å². The topological polar surface area (TPSA) is 84.1 Å². The highest BCUT2D eigenvalue weighted by molar-refractivity contribution is 5.81. The second-order valence-corrected chi connectivity index (χ2v) is 5.02. The van der Waals surface area contributed by atoms with Gasteiger partial charge >= 0.3 is 0 Å². The number of rotatable bonds is 4. The zero-order valence-electron chi connectivity index (χ0n) is 10.8. The Morgan fingerprint density at radius 2 is 2.22 bits per heavy atom. The number of nitrogens with one attached hydrogen (secondary N) is 1. The van der Waals surface area contributed by atoms with Gasteiger partial charge in [-0.2, -0.15) is 0 Å². The van der Waals surface area contributed by atoms with Crippen molar-refractivity contribution in [3.63, 3.8) is 0 Å². The molecule has 18 heavy (non-hydrogen) atoms. The monoisotopic (exact) mass is 249 g/mol. The molecule has 2 heterocycles. The maximum atomic E-state index is 11.4. The molecule has 0 saturated carbocycles. The largest absolute Gasteiger partial charge is 0.369 e. The van der Waals surface area contributed by atoms with Crippen LogP contribution in [0.2, 0.25) is 0 Å². The maximum absolute atomic E-state index is 11.4. The summed E-state index contributed by atoms with van der Waals surface area (Å²) in [5, 5.41) is 3.05. The van der Waals surface area contributed by atoms with E-state index in [1.165, 1.54) is 0 Å². The minimum Gasteiger partial charge on any atom is -0.369 e. The highest BCUT2D eigenvalue weighted by Gasteiger charge is 2.39. The number of amides is 1. The summed E-state index contributed by atoms with van der Waals surface area (Å²) >= 11 is 0. The summed E-state index contributed by atoms with van der Waals surface area (Å²) in [6.07, 6.45) is 4.36. The minimum absolute atomic E-state index is 0.253. The number of hydrogen-bond donors (Lipinski definition) is 2. The number of anilines is 1. The summed E-state index contributed by atoms with van der Waals surface area (Å²) in [4.78, 5) is 22.0. The summed E-state index contributed by atoms with van der Waals surface area (Å²) < 4.78 is 0. The lowest BCUT2D eigenvalue weighted by molar-refractivity contribution is -0.125. The van der Waals surface area contributed by atoms with E-state index < -0.39 is 5.41 Å². The van der Waals surface area contributed by atoms with Gasteiger partial charge in [-0.1, -0.05) is 0 Å². The Hall–Kier alpha value is -1.69. The fourth-order valence-corrected chi connectivity index (χ4v) is 2.14. The van der Waals surface area contributed by atoms with Gasteiger partial charge in [-0.15, -0.1) is 0 Å². The quantitative estimate of drug-likeness (QED) is 0.778. The van der Waals surface area contributed by atoms with Crippen LogP contribution in [0.4, 0.5) is 5.95 Å². The molecule has 1 amide bonds. The SMILES string of the molecule is CNCc1cnc(N2CCC(C)(C(N)=O)C2)nc1. The summed E-state index contributed by atoms with van der Waals surface area (Å²) in [5.41, 5.74) is 6.00. The number of aromatic nitrogens is 2. The van der Waals surface area contributed by atoms with Gasteiger partial charge in [-0.05, 0) is 20.4 Å². The van der Waals surface area contributed by atoms with E-state index in [0.717, 1.165) is 25.1 Å². The fraction of sp³-hybridized carbons (Fsp3) is 0.583. The molecular formula is C12H19N5O. The molecule has 1 unspecified atom stereocenters. The molecule has 98 valence electrons. The van der Waals surface area contributed by atoms with E-state index >= 15 is 0 Å². The highest BCUT2D eigenvalue weighted by Crippen LogP contribution is 2.31. The average molecular weight is 249 g/mol. The number of nitrogens with two attached hydrogens (primary N) is 1. The molecule has 1 aliphatic rings. The van der Waals surface area contributed by atoms with E-state index in [9.17, 15) is 4.79 Å². The molecule has 6 heteroatoms. The maximum Gasteiger partial charge on any atom is 0.225 e. The first-order valence-electron chi connectivity index (χ1n) is 6.05. The third kappa shape index (κ3) is 2.43. The predicted molar refractivity (Wildman–Crippen MR) is 68.9 cm³/mol. The van der Waals surface area contributed by atoms with Gasteiger partial charge in [0.15, 0.2) is 0 Å². The standard InChI is InChI=1S/C12H19N5O/c1-12(10(13)18)3-4-17(8-12)11-15-6-9(5-14-2)7-16-11/h6-7,14H,3-5,8H2,1-2H3,(H2,13,18). The number of nitrogens with zero attached hydrogens (tertiary/aromatic N) is 3. The van der Waals surface area contributed by atoms with E-state index in [2.05, 4.69) is 15.3 Å². The average Bonchev–Trinajstić information content (AvgIpc) is 2.75. The van der Waals surface area contributed by atoms with E-state index in [-0.39, 0.29) is 5.91 Å². The zero-order chi connectivity index (χ0) is 13.2. The highest BCUT2D eigenvalue weighted by atomic mass is 16.1. The van der Waals surface area contributed by atoms with Crippen LogP contribution in [-0.4, -0.2) is 36.0 Å². The van der Waals surface area contributed by atoms with E-state index in [1.54, 1.807) is 12.4 Å². The number of hydrogen-bond acceptors (Lipinski definition) is 5. The van der Waals surface area contributed by atoms with Gasteiger partial charge in [0.1, 0.15) is 0 Å². The molecule has 1 fully saturated rings. The van der Waals surface area contributed by atoms with Gasteiger partial charge in [0.05, 0.1) is 5.41 Å².